The molecule has 10 heteroatoms. The molecule has 1 N–H and O–H groups in total. The number of methoxy groups -OCH3 is 1. The van der Waals surface area contributed by atoms with E-state index in [4.69, 9.17) is 9.47 Å². The molecule has 6 nitrogen and oxygen atoms in total. The minimum Gasteiger partial charge on any atom is -0.493 e. The van der Waals surface area contributed by atoms with E-state index in [0.717, 1.165) is 18.2 Å². The van der Waals surface area contributed by atoms with Crippen molar-refractivity contribution in [1.29, 1.82) is 0 Å². The molecule has 0 aliphatic carbocycles. The maximum Gasteiger partial charge on any atom is 0.387 e. The Labute approximate surface area is 160 Å². The highest BCUT2D eigenvalue weighted by atomic mass is 79.9. The first-order valence-corrected chi connectivity index (χ1v) is 8.14. The summed E-state index contributed by atoms with van der Waals surface area (Å²) in [7, 11) is 1.21. The average molecular weight is 448 g/mol. The zero-order chi connectivity index (χ0) is 20.0. The second-order valence-corrected chi connectivity index (χ2v) is 5.91. The Bertz CT molecular complexity index is 847. The summed E-state index contributed by atoms with van der Waals surface area (Å²) < 4.78 is 52.7. The molecular formula is C17H13BrF3NO5. The number of nitrogens with one attached hydrogen (secondary N) is 1. The monoisotopic (exact) mass is 447 g/mol. The van der Waals surface area contributed by atoms with Crippen LogP contribution >= 0.6 is 15.9 Å². The van der Waals surface area contributed by atoms with Gasteiger partial charge in [-0.3, -0.25) is 4.79 Å². The molecule has 0 bridgehead atoms. The van der Waals surface area contributed by atoms with E-state index in [9.17, 15) is 22.8 Å². The lowest BCUT2D eigenvalue weighted by Crippen LogP contribution is -2.21. The van der Waals surface area contributed by atoms with Gasteiger partial charge in [-0.15, -0.1) is 0 Å². The molecule has 0 atom stereocenters. The summed E-state index contributed by atoms with van der Waals surface area (Å²) in [5.41, 5.74) is -0.120. The van der Waals surface area contributed by atoms with Crippen molar-refractivity contribution in [3.63, 3.8) is 0 Å². The lowest BCUT2D eigenvalue weighted by atomic mass is 10.2. The van der Waals surface area contributed by atoms with Crippen molar-refractivity contribution in [2.24, 2.45) is 0 Å². The van der Waals surface area contributed by atoms with Gasteiger partial charge in [0.1, 0.15) is 5.82 Å². The van der Waals surface area contributed by atoms with Gasteiger partial charge in [0.25, 0.3) is 5.91 Å². The molecule has 0 aliphatic heterocycles. The predicted octanol–water partition coefficient (Wildman–Crippen LogP) is 3.99. The van der Waals surface area contributed by atoms with Gasteiger partial charge in [-0.2, -0.15) is 8.78 Å². The third-order valence-corrected chi connectivity index (χ3v) is 3.65. The number of halogens is 4. The van der Waals surface area contributed by atoms with Gasteiger partial charge in [0.15, 0.2) is 18.1 Å². The van der Waals surface area contributed by atoms with Crippen LogP contribution in [0, 0.1) is 5.82 Å². The molecular weight excluding hydrogens is 435 g/mol. The first-order chi connectivity index (χ1) is 12.8. The van der Waals surface area contributed by atoms with Crippen molar-refractivity contribution in [2.45, 2.75) is 6.61 Å². The largest absolute Gasteiger partial charge is 0.493 e. The SMILES string of the molecule is COc1cc(C(=O)OCC(=O)Nc2ccc(Br)cc2F)ccc1OC(F)F. The van der Waals surface area contributed by atoms with Gasteiger partial charge in [0, 0.05) is 4.47 Å². The number of hydrogen-bond acceptors (Lipinski definition) is 5. The molecule has 0 saturated carbocycles. The maximum atomic E-state index is 13.7. The van der Waals surface area contributed by atoms with Crippen LogP contribution in [0.4, 0.5) is 18.9 Å². The summed E-state index contributed by atoms with van der Waals surface area (Å²) in [4.78, 5) is 23.8. The predicted molar refractivity (Wildman–Crippen MR) is 92.6 cm³/mol. The smallest absolute Gasteiger partial charge is 0.387 e. The molecule has 2 aromatic carbocycles. The van der Waals surface area contributed by atoms with Crippen LogP contribution in [-0.2, 0) is 9.53 Å². The van der Waals surface area contributed by atoms with Crippen molar-refractivity contribution in [1.82, 2.24) is 0 Å². The highest BCUT2D eigenvalue weighted by Crippen LogP contribution is 2.29. The van der Waals surface area contributed by atoms with Crippen molar-refractivity contribution >= 4 is 33.5 Å². The summed E-state index contributed by atoms with van der Waals surface area (Å²) in [5.74, 6) is -2.68. The molecule has 0 saturated heterocycles. The summed E-state index contributed by atoms with van der Waals surface area (Å²) in [6.07, 6.45) is 0. The van der Waals surface area contributed by atoms with Gasteiger partial charge in [-0.05, 0) is 36.4 Å². The molecule has 2 rings (SSSR count). The number of esters is 1. The van der Waals surface area contributed by atoms with E-state index in [2.05, 4.69) is 26.0 Å². The van der Waals surface area contributed by atoms with Crippen molar-refractivity contribution < 1.29 is 37.0 Å². The fraction of sp³-hybridized carbons (Fsp3) is 0.176. The Morgan fingerprint density at radius 2 is 1.89 bits per heavy atom. The number of ether oxygens (including phenoxy) is 3. The highest BCUT2D eigenvalue weighted by Gasteiger charge is 2.16. The zero-order valence-corrected chi connectivity index (χ0v) is 15.4. The van der Waals surface area contributed by atoms with Crippen LogP contribution in [0.5, 0.6) is 11.5 Å². The van der Waals surface area contributed by atoms with E-state index >= 15 is 0 Å². The van der Waals surface area contributed by atoms with Gasteiger partial charge < -0.3 is 19.5 Å². The number of anilines is 1. The summed E-state index contributed by atoms with van der Waals surface area (Å²) in [6.45, 7) is -3.73. The van der Waals surface area contributed by atoms with Crippen LogP contribution in [0.25, 0.3) is 0 Å². The Kier molecular flexibility index (Phi) is 7.05. The summed E-state index contributed by atoms with van der Waals surface area (Å²) in [6, 6.07) is 7.45. The molecule has 0 spiro atoms. The number of rotatable bonds is 7. The number of amides is 1. The first kappa shape index (κ1) is 20.6. The normalized spacial score (nSPS) is 10.4. The number of benzene rings is 2. The van der Waals surface area contributed by atoms with Crippen LogP contribution < -0.4 is 14.8 Å². The molecule has 1 amide bonds. The third-order valence-electron chi connectivity index (χ3n) is 3.15. The number of alkyl halides is 2. The molecule has 27 heavy (non-hydrogen) atoms. The lowest BCUT2D eigenvalue weighted by molar-refractivity contribution is -0.119. The van der Waals surface area contributed by atoms with Crippen LogP contribution in [0.1, 0.15) is 10.4 Å². The van der Waals surface area contributed by atoms with Crippen molar-refractivity contribution in [3.8, 4) is 11.5 Å². The summed E-state index contributed by atoms with van der Waals surface area (Å²) >= 11 is 3.09. The number of carbonyl (C=O) groups is 2. The van der Waals surface area contributed by atoms with Crippen LogP contribution in [0.2, 0.25) is 0 Å². The van der Waals surface area contributed by atoms with Gasteiger partial charge in [0.2, 0.25) is 0 Å². The molecule has 0 fully saturated rings. The zero-order valence-electron chi connectivity index (χ0n) is 13.8. The van der Waals surface area contributed by atoms with E-state index in [0.29, 0.717) is 4.47 Å². The molecule has 144 valence electrons. The van der Waals surface area contributed by atoms with Gasteiger partial charge in [-0.1, -0.05) is 15.9 Å². The summed E-state index contributed by atoms with van der Waals surface area (Å²) in [5, 5.41) is 2.26. The molecule has 0 aliphatic rings. The maximum absolute atomic E-state index is 13.7. The minimum atomic E-state index is -3.06. The van der Waals surface area contributed by atoms with E-state index in [1.807, 2.05) is 0 Å². The Morgan fingerprint density at radius 1 is 1.15 bits per heavy atom. The first-order valence-electron chi connectivity index (χ1n) is 7.35. The molecule has 0 heterocycles. The van der Waals surface area contributed by atoms with Crippen molar-refractivity contribution in [3.05, 3.63) is 52.3 Å². The Balaban J connectivity index is 1.97. The molecule has 0 unspecified atom stereocenters. The van der Waals surface area contributed by atoms with E-state index in [-0.39, 0.29) is 22.7 Å². The second-order valence-electron chi connectivity index (χ2n) is 4.99. The van der Waals surface area contributed by atoms with Crippen LogP contribution in [0.15, 0.2) is 40.9 Å². The van der Waals surface area contributed by atoms with Crippen LogP contribution in [-0.4, -0.2) is 32.2 Å². The molecule has 0 radical (unpaired) electrons. The lowest BCUT2D eigenvalue weighted by Gasteiger charge is -2.11. The van der Waals surface area contributed by atoms with E-state index in [1.165, 1.54) is 25.3 Å². The molecule has 2 aromatic rings. The second kappa shape index (κ2) is 9.26. The Hall–Kier alpha value is -2.75. The fourth-order valence-corrected chi connectivity index (χ4v) is 2.31. The van der Waals surface area contributed by atoms with E-state index in [1.54, 1.807) is 0 Å². The minimum absolute atomic E-state index is 0.0453. The third kappa shape index (κ3) is 5.88. The van der Waals surface area contributed by atoms with Gasteiger partial charge in [0.05, 0.1) is 18.4 Å². The van der Waals surface area contributed by atoms with Gasteiger partial charge >= 0.3 is 12.6 Å². The highest BCUT2D eigenvalue weighted by molar-refractivity contribution is 9.10. The Morgan fingerprint density at radius 3 is 2.52 bits per heavy atom. The number of carbonyl (C=O) groups excluding carboxylic acids is 2. The topological polar surface area (TPSA) is 73.9 Å². The van der Waals surface area contributed by atoms with Crippen molar-refractivity contribution in [2.75, 3.05) is 19.0 Å². The quantitative estimate of drug-likeness (QED) is 0.649. The number of hydrogen-bond donors (Lipinski definition) is 1. The van der Waals surface area contributed by atoms with E-state index < -0.39 is 30.9 Å². The standard InChI is InChI=1S/C17H13BrF3NO5/c1-25-14-6-9(2-5-13(14)27-17(20)21)16(24)26-8-15(23)22-12-4-3-10(18)7-11(12)19/h2-7,17H,8H2,1H3,(H,22,23). The van der Waals surface area contributed by atoms with Crippen LogP contribution in [0.3, 0.4) is 0 Å². The molecule has 0 aromatic heterocycles. The van der Waals surface area contributed by atoms with Gasteiger partial charge in [-0.25, -0.2) is 9.18 Å². The fourth-order valence-electron chi connectivity index (χ4n) is 1.98. The average Bonchev–Trinajstić information content (AvgIpc) is 2.62.